The molecule has 1 aromatic rings. The van der Waals surface area contributed by atoms with Crippen LogP contribution in [0.15, 0.2) is 29.2 Å². The molecule has 9 heteroatoms. The Labute approximate surface area is 183 Å². The molecule has 2 aliphatic heterocycles. The summed E-state index contributed by atoms with van der Waals surface area (Å²) in [6, 6.07) is 1.33. The highest BCUT2D eigenvalue weighted by molar-refractivity contribution is 6.31. The lowest BCUT2D eigenvalue weighted by Gasteiger charge is -2.39. The molecule has 2 heterocycles. The van der Waals surface area contributed by atoms with E-state index in [1.54, 1.807) is 0 Å². The number of hydrogen-bond donors (Lipinski definition) is 4. The van der Waals surface area contributed by atoms with Gasteiger partial charge in [0.05, 0.1) is 23.8 Å². The van der Waals surface area contributed by atoms with Crippen molar-refractivity contribution in [2.75, 3.05) is 6.54 Å². The second-order valence-corrected chi connectivity index (χ2v) is 8.73. The van der Waals surface area contributed by atoms with Gasteiger partial charge in [-0.15, -0.1) is 0 Å². The van der Waals surface area contributed by atoms with Crippen LogP contribution in [0.4, 0.5) is 0 Å². The topological polar surface area (TPSA) is 150 Å². The third-order valence-corrected chi connectivity index (χ3v) is 6.30. The predicted octanol–water partition coefficient (Wildman–Crippen LogP) is 0.739. The number of Topliss-reactive ketones (excluding diaryl/α,β-unsaturated/α-hetero) is 4. The minimum Gasteiger partial charge on any atom is -0.507 e. The van der Waals surface area contributed by atoms with Gasteiger partial charge in [0.25, 0.3) is 0 Å². The summed E-state index contributed by atoms with van der Waals surface area (Å²) >= 11 is 0. The van der Waals surface area contributed by atoms with E-state index in [-0.39, 0.29) is 40.1 Å². The Morgan fingerprint density at radius 2 is 1.72 bits per heavy atom. The third kappa shape index (κ3) is 2.92. The standard InChI is InChI=1S/C23H23NO8/c1-8-5-9(2)17(27)20(30)22(31)23(4)7-24-14-18(28)11-6-10(3)16(26)13(15(8)25)12(11)19(29)21(14)32-23/h5-6,9,17,20,24,26-27,30H,7H2,1-4H3/b8-5-/t9-,17+,20+,23-/m0/s1. The Bertz CT molecular complexity index is 1180. The van der Waals surface area contributed by atoms with Gasteiger partial charge >= 0.3 is 0 Å². The molecule has 32 heavy (non-hydrogen) atoms. The van der Waals surface area contributed by atoms with E-state index in [0.717, 1.165) is 0 Å². The molecule has 4 rings (SSSR count). The molecule has 0 amide bonds. The average Bonchev–Trinajstić information content (AvgIpc) is 2.76. The van der Waals surface area contributed by atoms with Gasteiger partial charge in [0.2, 0.25) is 17.3 Å². The Balaban J connectivity index is 2.06. The molecule has 9 nitrogen and oxygen atoms in total. The SMILES string of the molecule is C/C1=C/[C@H](C)[C@@H](O)[C@@H](O)C(=O)[C@]2(C)CNC3=C(O2)C(=O)c2c(cc(C)c(O)c2C1=O)C3=O. The van der Waals surface area contributed by atoms with E-state index in [0.29, 0.717) is 0 Å². The maximum Gasteiger partial charge on any atom is 0.231 e. The van der Waals surface area contributed by atoms with Gasteiger partial charge in [0.1, 0.15) is 17.6 Å². The second-order valence-electron chi connectivity index (χ2n) is 8.73. The Kier molecular flexibility index (Phi) is 4.87. The number of fused-ring (bicyclic) bond motifs is 1. The van der Waals surface area contributed by atoms with Crippen LogP contribution in [0.5, 0.6) is 5.75 Å². The Morgan fingerprint density at radius 3 is 2.38 bits per heavy atom. The fraction of sp³-hybridized carbons (Fsp3) is 0.391. The first-order valence-corrected chi connectivity index (χ1v) is 10.2. The van der Waals surface area contributed by atoms with E-state index >= 15 is 0 Å². The first-order valence-electron chi connectivity index (χ1n) is 10.2. The summed E-state index contributed by atoms with van der Waals surface area (Å²) in [4.78, 5) is 52.9. The van der Waals surface area contributed by atoms with E-state index in [1.165, 1.54) is 39.8 Å². The highest BCUT2D eigenvalue weighted by Gasteiger charge is 2.50. The second kappa shape index (κ2) is 7.11. The lowest BCUT2D eigenvalue weighted by Crippen LogP contribution is -2.58. The summed E-state index contributed by atoms with van der Waals surface area (Å²) in [7, 11) is 0. The molecular formula is C23H23NO8. The maximum atomic E-state index is 13.4. The van der Waals surface area contributed by atoms with Crippen molar-refractivity contribution in [2.45, 2.75) is 45.5 Å². The molecule has 4 N–H and O–H groups in total. The number of rotatable bonds is 0. The molecule has 1 aromatic carbocycles. The van der Waals surface area contributed by atoms with Gasteiger partial charge in [-0.25, -0.2) is 0 Å². The molecule has 4 atom stereocenters. The smallest absolute Gasteiger partial charge is 0.231 e. The van der Waals surface area contributed by atoms with Gasteiger partial charge in [-0.2, -0.15) is 0 Å². The van der Waals surface area contributed by atoms with Crippen molar-refractivity contribution in [3.8, 4) is 5.75 Å². The number of aliphatic hydroxyl groups is 2. The minimum absolute atomic E-state index is 0.0609. The number of benzene rings is 1. The highest BCUT2D eigenvalue weighted by atomic mass is 16.5. The highest BCUT2D eigenvalue weighted by Crippen LogP contribution is 2.39. The molecule has 0 radical (unpaired) electrons. The molecular weight excluding hydrogens is 418 g/mol. The van der Waals surface area contributed by atoms with Crippen LogP contribution in [-0.2, 0) is 9.53 Å². The number of nitrogens with one attached hydrogen (secondary N) is 1. The number of carbonyl (C=O) groups is 4. The molecule has 3 aliphatic rings. The number of phenolic OH excluding ortho intramolecular Hbond substituents is 1. The number of hydrogen-bond acceptors (Lipinski definition) is 9. The van der Waals surface area contributed by atoms with Crippen LogP contribution in [0.25, 0.3) is 0 Å². The normalized spacial score (nSPS) is 31.8. The van der Waals surface area contributed by atoms with Gasteiger partial charge in [0, 0.05) is 11.5 Å². The van der Waals surface area contributed by atoms with Gasteiger partial charge < -0.3 is 25.4 Å². The van der Waals surface area contributed by atoms with Crippen molar-refractivity contribution in [3.63, 3.8) is 0 Å². The van der Waals surface area contributed by atoms with Crippen LogP contribution in [0, 0.1) is 12.8 Å². The summed E-state index contributed by atoms with van der Waals surface area (Å²) < 4.78 is 5.70. The van der Waals surface area contributed by atoms with E-state index in [2.05, 4.69) is 5.32 Å². The maximum absolute atomic E-state index is 13.4. The third-order valence-electron chi connectivity index (χ3n) is 6.30. The van der Waals surface area contributed by atoms with Crippen LogP contribution < -0.4 is 5.32 Å². The van der Waals surface area contributed by atoms with Crippen LogP contribution in [0.2, 0.25) is 0 Å². The van der Waals surface area contributed by atoms with Crippen molar-refractivity contribution in [3.05, 3.63) is 51.4 Å². The lowest BCUT2D eigenvalue weighted by atomic mass is 9.82. The van der Waals surface area contributed by atoms with Gasteiger partial charge in [0.15, 0.2) is 17.1 Å². The van der Waals surface area contributed by atoms with Crippen molar-refractivity contribution >= 4 is 23.1 Å². The molecule has 3 bridgehead atoms. The molecule has 0 spiro atoms. The largest absolute Gasteiger partial charge is 0.507 e. The number of ketones is 4. The molecule has 1 aliphatic carbocycles. The van der Waals surface area contributed by atoms with E-state index < -0.39 is 58.4 Å². The van der Waals surface area contributed by atoms with Crippen molar-refractivity contribution in [1.29, 1.82) is 0 Å². The Morgan fingerprint density at radius 1 is 1.06 bits per heavy atom. The number of carbonyl (C=O) groups excluding carboxylic acids is 4. The summed E-state index contributed by atoms with van der Waals surface area (Å²) in [6.07, 6.45) is -2.09. The minimum atomic E-state index is -1.87. The zero-order valence-electron chi connectivity index (χ0n) is 18.0. The van der Waals surface area contributed by atoms with E-state index in [1.807, 2.05) is 0 Å². The summed E-state index contributed by atoms with van der Waals surface area (Å²) in [5, 5.41) is 34.5. The van der Waals surface area contributed by atoms with Gasteiger partial charge in [-0.3, -0.25) is 19.2 Å². The first-order chi connectivity index (χ1) is 14.9. The number of aryl methyl sites for hydroxylation is 1. The molecule has 0 unspecified atom stereocenters. The Hall–Kier alpha value is -3.30. The number of phenols is 1. The fourth-order valence-corrected chi connectivity index (χ4v) is 4.34. The lowest BCUT2D eigenvalue weighted by molar-refractivity contribution is -0.154. The summed E-state index contributed by atoms with van der Waals surface area (Å²) in [5.41, 5.74) is -2.35. The molecule has 0 fully saturated rings. The molecule has 0 saturated carbocycles. The molecule has 168 valence electrons. The van der Waals surface area contributed by atoms with Crippen molar-refractivity contribution in [2.24, 2.45) is 5.92 Å². The zero-order valence-corrected chi connectivity index (χ0v) is 18.0. The van der Waals surface area contributed by atoms with Gasteiger partial charge in [-0.1, -0.05) is 13.0 Å². The van der Waals surface area contributed by atoms with Crippen LogP contribution in [0.1, 0.15) is 57.4 Å². The summed E-state index contributed by atoms with van der Waals surface area (Å²) in [5.74, 6) is -4.82. The van der Waals surface area contributed by atoms with Gasteiger partial charge in [-0.05, 0) is 38.0 Å². The summed E-state index contributed by atoms with van der Waals surface area (Å²) in [6.45, 7) is 5.54. The monoisotopic (exact) mass is 441 g/mol. The average molecular weight is 441 g/mol. The van der Waals surface area contributed by atoms with Crippen molar-refractivity contribution < 1.29 is 39.2 Å². The molecule has 0 saturated heterocycles. The van der Waals surface area contributed by atoms with Crippen LogP contribution in [-0.4, -0.2) is 62.8 Å². The fourth-order valence-electron chi connectivity index (χ4n) is 4.34. The number of aromatic hydroxyl groups is 1. The zero-order chi connectivity index (χ0) is 23.7. The quantitative estimate of drug-likeness (QED) is 0.457. The molecule has 0 aromatic heterocycles. The van der Waals surface area contributed by atoms with Crippen LogP contribution in [0.3, 0.4) is 0 Å². The van der Waals surface area contributed by atoms with Crippen molar-refractivity contribution in [1.82, 2.24) is 5.32 Å². The first kappa shape index (κ1) is 21.9. The number of aliphatic hydroxyl groups excluding tert-OH is 2. The van der Waals surface area contributed by atoms with Crippen LogP contribution >= 0.6 is 0 Å². The predicted molar refractivity (Wildman–Crippen MR) is 110 cm³/mol. The van der Waals surface area contributed by atoms with E-state index in [9.17, 15) is 34.5 Å². The number of allylic oxidation sites excluding steroid dienone is 3. The van der Waals surface area contributed by atoms with E-state index in [4.69, 9.17) is 4.74 Å². The number of ether oxygens (including phenoxy) is 1.